The average molecular weight is 464 g/mol. The summed E-state index contributed by atoms with van der Waals surface area (Å²) < 4.78 is 28.5. The molecule has 4 rings (SSSR count). The Morgan fingerprint density at radius 2 is 1.61 bits per heavy atom. The fourth-order valence-corrected chi connectivity index (χ4v) is 3.87. The van der Waals surface area contributed by atoms with Crippen molar-refractivity contribution in [2.24, 2.45) is 0 Å². The summed E-state index contributed by atoms with van der Waals surface area (Å²) in [6.45, 7) is 1.46. The molecule has 1 heterocycles. The van der Waals surface area contributed by atoms with E-state index in [4.69, 9.17) is 0 Å². The van der Waals surface area contributed by atoms with Crippen LogP contribution in [-0.4, -0.2) is 32.2 Å². The average Bonchev–Trinajstić information content (AvgIpc) is 3.23. The Kier molecular flexibility index (Phi) is 6.60. The van der Waals surface area contributed by atoms with Gasteiger partial charge in [-0.3, -0.25) is 14.2 Å². The van der Waals surface area contributed by atoms with Gasteiger partial charge >= 0.3 is 0 Å². The van der Waals surface area contributed by atoms with E-state index < -0.39 is 5.82 Å². The topological polar surface area (TPSA) is 76.9 Å². The predicted octanol–water partition coefficient (Wildman–Crippen LogP) is 5.15. The lowest BCUT2D eigenvalue weighted by Crippen LogP contribution is -2.15. The van der Waals surface area contributed by atoms with Crippen LogP contribution in [0.2, 0.25) is 0 Å². The summed E-state index contributed by atoms with van der Waals surface area (Å²) in [5.74, 6) is -0.714. The highest BCUT2D eigenvalue weighted by molar-refractivity contribution is 7.99. The molecule has 0 aliphatic carbocycles. The molecule has 0 saturated carbocycles. The maximum Gasteiger partial charge on any atom is 0.234 e. The van der Waals surface area contributed by atoms with E-state index in [1.54, 1.807) is 53.1 Å². The van der Waals surface area contributed by atoms with E-state index in [2.05, 4.69) is 15.5 Å². The normalized spacial score (nSPS) is 10.8. The number of anilines is 1. The van der Waals surface area contributed by atoms with Crippen LogP contribution in [0.1, 0.15) is 17.3 Å². The molecule has 0 aliphatic rings. The summed E-state index contributed by atoms with van der Waals surface area (Å²) in [7, 11) is 0. The number of Topliss-reactive ketones (excluding diaryl/α,β-unsaturated/α-hetero) is 1. The van der Waals surface area contributed by atoms with Gasteiger partial charge in [-0.15, -0.1) is 10.2 Å². The molecule has 33 heavy (non-hydrogen) atoms. The third-order valence-electron chi connectivity index (χ3n) is 4.71. The van der Waals surface area contributed by atoms with Gasteiger partial charge in [-0.1, -0.05) is 23.9 Å². The van der Waals surface area contributed by atoms with Crippen LogP contribution >= 0.6 is 11.8 Å². The lowest BCUT2D eigenvalue weighted by molar-refractivity contribution is -0.113. The second kappa shape index (κ2) is 9.74. The second-order valence-corrected chi connectivity index (χ2v) is 8.04. The summed E-state index contributed by atoms with van der Waals surface area (Å²) >= 11 is 1.15. The number of aromatic nitrogens is 3. The van der Waals surface area contributed by atoms with Gasteiger partial charge in [0.2, 0.25) is 5.91 Å². The minimum Gasteiger partial charge on any atom is -0.325 e. The molecular formula is C24H18F2N4O2S. The zero-order valence-corrected chi connectivity index (χ0v) is 18.3. The number of amides is 1. The van der Waals surface area contributed by atoms with Gasteiger partial charge in [0.05, 0.1) is 5.75 Å². The summed E-state index contributed by atoms with van der Waals surface area (Å²) in [6, 6.07) is 18.2. The highest BCUT2D eigenvalue weighted by atomic mass is 32.2. The standard InChI is InChI=1S/C24H18F2N4O2S/c1-15(31)17-3-2-4-20(13-17)27-22(32)14-33-24-29-28-23(16-5-7-18(25)8-6-16)30(24)21-11-9-19(26)10-12-21/h2-13H,14H2,1H3,(H,27,32). The van der Waals surface area contributed by atoms with E-state index in [1.807, 2.05) is 0 Å². The first kappa shape index (κ1) is 22.3. The fraction of sp³-hybridized carbons (Fsp3) is 0.0833. The lowest BCUT2D eigenvalue weighted by atomic mass is 10.1. The number of halogens is 2. The van der Waals surface area contributed by atoms with E-state index in [0.717, 1.165) is 11.8 Å². The first-order valence-electron chi connectivity index (χ1n) is 9.91. The monoisotopic (exact) mass is 464 g/mol. The molecule has 0 atom stereocenters. The van der Waals surface area contributed by atoms with Crippen molar-refractivity contribution in [3.63, 3.8) is 0 Å². The molecule has 166 valence electrons. The quantitative estimate of drug-likeness (QED) is 0.303. The van der Waals surface area contributed by atoms with Crippen LogP contribution in [0.4, 0.5) is 14.5 Å². The molecule has 0 spiro atoms. The van der Waals surface area contributed by atoms with Gasteiger partial charge in [-0.25, -0.2) is 8.78 Å². The van der Waals surface area contributed by atoms with Gasteiger partial charge in [0.25, 0.3) is 0 Å². The van der Waals surface area contributed by atoms with Crippen molar-refractivity contribution in [2.75, 3.05) is 11.1 Å². The third kappa shape index (κ3) is 5.32. The molecule has 4 aromatic rings. The van der Waals surface area contributed by atoms with Gasteiger partial charge in [0, 0.05) is 22.5 Å². The summed E-state index contributed by atoms with van der Waals surface area (Å²) in [4.78, 5) is 24.1. The van der Waals surface area contributed by atoms with Crippen LogP contribution in [-0.2, 0) is 4.79 Å². The minimum atomic E-state index is -0.392. The number of ketones is 1. The van der Waals surface area contributed by atoms with Crippen LogP contribution in [0.15, 0.2) is 78.0 Å². The zero-order chi connectivity index (χ0) is 23.4. The smallest absolute Gasteiger partial charge is 0.234 e. The lowest BCUT2D eigenvalue weighted by Gasteiger charge is -2.11. The van der Waals surface area contributed by atoms with Gasteiger partial charge in [-0.05, 0) is 67.6 Å². The Balaban J connectivity index is 1.58. The third-order valence-corrected chi connectivity index (χ3v) is 5.63. The van der Waals surface area contributed by atoms with E-state index in [0.29, 0.717) is 33.5 Å². The number of carbonyl (C=O) groups excluding carboxylic acids is 2. The molecule has 9 heteroatoms. The van der Waals surface area contributed by atoms with Crippen molar-refractivity contribution < 1.29 is 18.4 Å². The fourth-order valence-electron chi connectivity index (χ4n) is 3.12. The molecule has 3 aromatic carbocycles. The first-order chi connectivity index (χ1) is 15.9. The number of nitrogens with zero attached hydrogens (tertiary/aromatic N) is 3. The largest absolute Gasteiger partial charge is 0.325 e. The molecule has 0 bridgehead atoms. The Hall–Kier alpha value is -3.85. The molecule has 0 radical (unpaired) electrons. The maximum atomic E-state index is 13.5. The van der Waals surface area contributed by atoms with Gasteiger partial charge in [0.15, 0.2) is 16.8 Å². The molecular weight excluding hydrogens is 446 g/mol. The molecule has 6 nitrogen and oxygen atoms in total. The Morgan fingerprint density at radius 3 is 2.27 bits per heavy atom. The zero-order valence-electron chi connectivity index (χ0n) is 17.5. The minimum absolute atomic E-state index is 0.0209. The van der Waals surface area contributed by atoms with Gasteiger partial charge < -0.3 is 5.32 Å². The van der Waals surface area contributed by atoms with Crippen molar-refractivity contribution in [2.45, 2.75) is 12.1 Å². The molecule has 0 aliphatic heterocycles. The van der Waals surface area contributed by atoms with Crippen molar-refractivity contribution >= 4 is 29.1 Å². The summed E-state index contributed by atoms with van der Waals surface area (Å²) in [5, 5.41) is 11.6. The van der Waals surface area contributed by atoms with E-state index >= 15 is 0 Å². The molecule has 0 unspecified atom stereocenters. The number of hydrogen-bond donors (Lipinski definition) is 1. The molecule has 0 fully saturated rings. The number of nitrogens with one attached hydrogen (secondary N) is 1. The van der Waals surface area contributed by atoms with Crippen LogP contribution < -0.4 is 5.32 Å². The summed E-state index contributed by atoms with van der Waals surface area (Å²) in [5.41, 5.74) is 2.23. The molecule has 0 saturated heterocycles. The molecule has 1 amide bonds. The number of thioether (sulfide) groups is 1. The molecule has 1 N–H and O–H groups in total. The van der Waals surface area contributed by atoms with Crippen LogP contribution in [0.5, 0.6) is 0 Å². The summed E-state index contributed by atoms with van der Waals surface area (Å²) in [6.07, 6.45) is 0. The van der Waals surface area contributed by atoms with Crippen LogP contribution in [0.25, 0.3) is 17.1 Å². The Morgan fingerprint density at radius 1 is 0.939 bits per heavy atom. The van der Waals surface area contributed by atoms with Crippen molar-refractivity contribution in [1.82, 2.24) is 14.8 Å². The van der Waals surface area contributed by atoms with Crippen molar-refractivity contribution in [3.8, 4) is 17.1 Å². The van der Waals surface area contributed by atoms with Crippen molar-refractivity contribution in [3.05, 3.63) is 90.0 Å². The first-order valence-corrected chi connectivity index (χ1v) is 10.9. The highest BCUT2D eigenvalue weighted by Gasteiger charge is 2.18. The van der Waals surface area contributed by atoms with Gasteiger partial charge in [-0.2, -0.15) is 0 Å². The molecule has 1 aromatic heterocycles. The SMILES string of the molecule is CC(=O)c1cccc(NC(=O)CSc2nnc(-c3ccc(F)cc3)n2-c2ccc(F)cc2)c1. The number of benzene rings is 3. The maximum absolute atomic E-state index is 13.5. The van der Waals surface area contributed by atoms with E-state index in [9.17, 15) is 18.4 Å². The van der Waals surface area contributed by atoms with Gasteiger partial charge in [0.1, 0.15) is 11.6 Å². The Labute approximate surface area is 192 Å². The highest BCUT2D eigenvalue weighted by Crippen LogP contribution is 2.28. The predicted molar refractivity (Wildman–Crippen MR) is 123 cm³/mol. The Bertz CT molecular complexity index is 1310. The van der Waals surface area contributed by atoms with Crippen LogP contribution in [0.3, 0.4) is 0 Å². The second-order valence-electron chi connectivity index (χ2n) is 7.10. The van der Waals surface area contributed by atoms with E-state index in [1.165, 1.54) is 31.2 Å². The number of carbonyl (C=O) groups is 2. The number of rotatable bonds is 7. The van der Waals surface area contributed by atoms with Crippen LogP contribution in [0, 0.1) is 11.6 Å². The number of hydrogen-bond acceptors (Lipinski definition) is 5. The van der Waals surface area contributed by atoms with Crippen molar-refractivity contribution in [1.29, 1.82) is 0 Å². The van der Waals surface area contributed by atoms with E-state index in [-0.39, 0.29) is 23.3 Å².